The first-order chi connectivity index (χ1) is 5.84. The summed E-state index contributed by atoms with van der Waals surface area (Å²) in [6, 6.07) is 0. The van der Waals surface area contributed by atoms with Gasteiger partial charge < -0.3 is 9.64 Å². The zero-order chi connectivity index (χ0) is 8.81. The molecule has 0 spiro atoms. The fourth-order valence-corrected chi connectivity index (χ4v) is 1.97. The number of ether oxygens (including phenoxy) is 1. The van der Waals surface area contributed by atoms with E-state index >= 15 is 0 Å². The Balaban J connectivity index is 2.20. The standard InChI is InChI=1S/C8H14NO2S/c1-2-11-7-8(10)9-3-5-12-6-4-9/h1-7H2. The van der Waals surface area contributed by atoms with Crippen LogP contribution in [-0.4, -0.2) is 48.6 Å². The van der Waals surface area contributed by atoms with Crippen LogP contribution in [0.2, 0.25) is 0 Å². The van der Waals surface area contributed by atoms with E-state index in [1.165, 1.54) is 0 Å². The molecular formula is C8H14NO2S. The molecule has 0 aromatic rings. The minimum atomic E-state index is 0.0963. The molecule has 0 N–H and O–H groups in total. The van der Waals surface area contributed by atoms with Crippen molar-refractivity contribution < 1.29 is 9.53 Å². The molecule has 0 aliphatic carbocycles. The molecule has 1 rings (SSSR count). The van der Waals surface area contributed by atoms with Gasteiger partial charge in [0.1, 0.15) is 6.61 Å². The van der Waals surface area contributed by atoms with Crippen molar-refractivity contribution in [2.24, 2.45) is 0 Å². The van der Waals surface area contributed by atoms with E-state index in [2.05, 4.69) is 6.92 Å². The lowest BCUT2D eigenvalue weighted by atomic mass is 10.4. The van der Waals surface area contributed by atoms with Gasteiger partial charge in [0.05, 0.1) is 0 Å². The number of hydrogen-bond acceptors (Lipinski definition) is 3. The van der Waals surface area contributed by atoms with Crippen LogP contribution in [0, 0.1) is 6.92 Å². The van der Waals surface area contributed by atoms with Gasteiger partial charge in [0.15, 0.2) is 0 Å². The van der Waals surface area contributed by atoms with E-state index in [9.17, 15) is 4.79 Å². The first-order valence-corrected chi connectivity index (χ1v) is 5.22. The van der Waals surface area contributed by atoms with Crippen LogP contribution in [0.15, 0.2) is 0 Å². The zero-order valence-corrected chi connectivity index (χ0v) is 7.94. The maximum atomic E-state index is 11.3. The predicted molar refractivity (Wildman–Crippen MR) is 50.1 cm³/mol. The monoisotopic (exact) mass is 188 g/mol. The van der Waals surface area contributed by atoms with E-state index in [-0.39, 0.29) is 12.5 Å². The summed E-state index contributed by atoms with van der Waals surface area (Å²) in [7, 11) is 0. The third kappa shape index (κ3) is 3.03. The van der Waals surface area contributed by atoms with Gasteiger partial charge >= 0.3 is 0 Å². The summed E-state index contributed by atoms with van der Waals surface area (Å²) in [5.41, 5.74) is 0. The topological polar surface area (TPSA) is 29.5 Å². The highest BCUT2D eigenvalue weighted by atomic mass is 32.2. The molecule has 1 radical (unpaired) electrons. The van der Waals surface area contributed by atoms with E-state index in [1.807, 2.05) is 16.7 Å². The first kappa shape index (κ1) is 9.86. The number of thioether (sulfide) groups is 1. The van der Waals surface area contributed by atoms with Crippen LogP contribution in [0.25, 0.3) is 0 Å². The molecule has 12 heavy (non-hydrogen) atoms. The number of rotatable bonds is 3. The van der Waals surface area contributed by atoms with E-state index in [0.717, 1.165) is 24.6 Å². The predicted octanol–water partition coefficient (Wildman–Crippen LogP) is 0.412. The van der Waals surface area contributed by atoms with Crippen LogP contribution in [0.1, 0.15) is 0 Å². The molecule has 0 aromatic carbocycles. The van der Waals surface area contributed by atoms with Gasteiger partial charge in [0.2, 0.25) is 5.91 Å². The quantitative estimate of drug-likeness (QED) is 0.642. The molecule has 1 aliphatic heterocycles. The molecule has 0 saturated carbocycles. The fraction of sp³-hybridized carbons (Fsp3) is 0.750. The second-order valence-electron chi connectivity index (χ2n) is 2.55. The van der Waals surface area contributed by atoms with E-state index in [1.54, 1.807) is 0 Å². The normalized spacial score (nSPS) is 17.9. The van der Waals surface area contributed by atoms with Crippen LogP contribution in [0.5, 0.6) is 0 Å². The summed E-state index contributed by atoms with van der Waals surface area (Å²) in [5.74, 6) is 2.20. The second-order valence-corrected chi connectivity index (χ2v) is 3.77. The summed E-state index contributed by atoms with van der Waals surface area (Å²) in [4.78, 5) is 13.2. The van der Waals surface area contributed by atoms with Gasteiger partial charge in [-0.3, -0.25) is 4.79 Å². The van der Waals surface area contributed by atoms with Crippen LogP contribution >= 0.6 is 11.8 Å². The second kappa shape index (κ2) is 5.43. The molecule has 3 nitrogen and oxygen atoms in total. The van der Waals surface area contributed by atoms with Crippen LogP contribution in [0.3, 0.4) is 0 Å². The van der Waals surface area contributed by atoms with Crippen molar-refractivity contribution in [3.8, 4) is 0 Å². The molecule has 1 fully saturated rings. The molecule has 0 bridgehead atoms. The molecular weight excluding hydrogens is 174 g/mol. The Bertz CT molecular complexity index is 146. The molecule has 1 saturated heterocycles. The minimum absolute atomic E-state index is 0.0963. The number of amides is 1. The lowest BCUT2D eigenvalue weighted by Crippen LogP contribution is -2.40. The molecule has 1 heterocycles. The van der Waals surface area contributed by atoms with Crippen molar-refractivity contribution in [2.75, 3.05) is 37.8 Å². The highest BCUT2D eigenvalue weighted by molar-refractivity contribution is 7.99. The lowest BCUT2D eigenvalue weighted by molar-refractivity contribution is -0.135. The Morgan fingerprint density at radius 2 is 2.17 bits per heavy atom. The Morgan fingerprint density at radius 3 is 2.75 bits per heavy atom. The Kier molecular flexibility index (Phi) is 4.46. The number of carbonyl (C=O) groups is 1. The van der Waals surface area contributed by atoms with Gasteiger partial charge in [-0.2, -0.15) is 11.8 Å². The van der Waals surface area contributed by atoms with Crippen molar-refractivity contribution in [3.63, 3.8) is 0 Å². The van der Waals surface area contributed by atoms with Crippen molar-refractivity contribution in [1.29, 1.82) is 0 Å². The average Bonchev–Trinajstić information content (AvgIpc) is 2.15. The minimum Gasteiger partial charge on any atom is -0.372 e. The molecule has 0 aromatic heterocycles. The van der Waals surface area contributed by atoms with Crippen molar-refractivity contribution in [1.82, 2.24) is 4.90 Å². The number of nitrogens with zero attached hydrogens (tertiary/aromatic N) is 1. The number of carbonyl (C=O) groups excluding carboxylic acids is 1. The Labute approximate surface area is 77.4 Å². The summed E-state index contributed by atoms with van der Waals surface area (Å²) in [6.07, 6.45) is 0. The maximum absolute atomic E-state index is 11.3. The zero-order valence-electron chi connectivity index (χ0n) is 7.12. The summed E-state index contributed by atoms with van der Waals surface area (Å²) in [5, 5.41) is 0. The summed E-state index contributed by atoms with van der Waals surface area (Å²) < 4.78 is 4.94. The summed E-state index contributed by atoms with van der Waals surface area (Å²) >= 11 is 1.89. The highest BCUT2D eigenvalue weighted by Gasteiger charge is 2.15. The summed E-state index contributed by atoms with van der Waals surface area (Å²) in [6.45, 7) is 5.79. The first-order valence-electron chi connectivity index (χ1n) is 4.07. The van der Waals surface area contributed by atoms with Gasteiger partial charge in [-0.1, -0.05) is 0 Å². The van der Waals surface area contributed by atoms with Crippen LogP contribution < -0.4 is 0 Å². The average molecular weight is 188 g/mol. The van der Waals surface area contributed by atoms with Gasteiger partial charge in [-0.25, -0.2) is 0 Å². The molecule has 0 atom stereocenters. The van der Waals surface area contributed by atoms with E-state index in [0.29, 0.717) is 6.61 Å². The van der Waals surface area contributed by atoms with Crippen molar-refractivity contribution >= 4 is 17.7 Å². The van der Waals surface area contributed by atoms with Gasteiger partial charge in [-0.05, 0) is 6.92 Å². The van der Waals surface area contributed by atoms with E-state index < -0.39 is 0 Å². The Morgan fingerprint density at radius 1 is 1.50 bits per heavy atom. The van der Waals surface area contributed by atoms with Crippen molar-refractivity contribution in [2.45, 2.75) is 0 Å². The third-order valence-corrected chi connectivity index (χ3v) is 2.68. The van der Waals surface area contributed by atoms with Gasteiger partial charge in [0, 0.05) is 31.2 Å². The van der Waals surface area contributed by atoms with Crippen LogP contribution in [0.4, 0.5) is 0 Å². The fourth-order valence-electron chi connectivity index (χ4n) is 1.06. The van der Waals surface area contributed by atoms with Gasteiger partial charge in [0.25, 0.3) is 0 Å². The Hall–Kier alpha value is -0.220. The van der Waals surface area contributed by atoms with Gasteiger partial charge in [-0.15, -0.1) is 0 Å². The molecule has 4 heteroatoms. The third-order valence-electron chi connectivity index (χ3n) is 1.73. The lowest BCUT2D eigenvalue weighted by Gasteiger charge is -2.26. The molecule has 1 amide bonds. The largest absolute Gasteiger partial charge is 0.372 e. The van der Waals surface area contributed by atoms with E-state index in [4.69, 9.17) is 4.74 Å². The highest BCUT2D eigenvalue weighted by Crippen LogP contribution is 2.08. The molecule has 1 aliphatic rings. The smallest absolute Gasteiger partial charge is 0.248 e. The van der Waals surface area contributed by atoms with Crippen LogP contribution in [-0.2, 0) is 9.53 Å². The SMILES string of the molecule is [CH2]COCC(=O)N1CCSCC1. The molecule has 69 valence electrons. The molecule has 0 unspecified atom stereocenters. The van der Waals surface area contributed by atoms with Crippen molar-refractivity contribution in [3.05, 3.63) is 6.92 Å². The maximum Gasteiger partial charge on any atom is 0.248 e. The number of hydrogen-bond donors (Lipinski definition) is 0.